The summed E-state index contributed by atoms with van der Waals surface area (Å²) in [6, 6.07) is 3.33. The van der Waals surface area contributed by atoms with Gasteiger partial charge in [0.15, 0.2) is 0 Å². The third kappa shape index (κ3) is 7.42. The molecule has 1 heterocycles. The number of hydroxylamine groups is 2. The lowest BCUT2D eigenvalue weighted by molar-refractivity contribution is -0.154. The lowest BCUT2D eigenvalue weighted by Crippen LogP contribution is -2.40. The van der Waals surface area contributed by atoms with E-state index in [0.29, 0.717) is 17.2 Å². The quantitative estimate of drug-likeness (QED) is 0.211. The van der Waals surface area contributed by atoms with Crippen molar-refractivity contribution < 1.29 is 14.8 Å². The maximum Gasteiger partial charge on any atom is 0.252 e. The summed E-state index contributed by atoms with van der Waals surface area (Å²) in [6.45, 7) is 6.06. The Balaban J connectivity index is 2.72. The molecule has 0 aromatic carbocycles. The molecule has 1 aromatic rings. The highest BCUT2D eigenvalue weighted by Crippen LogP contribution is 2.14. The van der Waals surface area contributed by atoms with Crippen LogP contribution in [0.2, 0.25) is 0 Å². The van der Waals surface area contributed by atoms with Crippen molar-refractivity contribution in [2.75, 3.05) is 12.0 Å². The van der Waals surface area contributed by atoms with Crippen molar-refractivity contribution in [2.24, 2.45) is 5.92 Å². The SMILES string of the molecule is CCCCC[C@H](CN(O)C=O)C(=O)NNc1ccn(C(CC)CC)c(=O)c1. The zero-order valence-electron chi connectivity index (χ0n) is 16.5. The Labute approximate surface area is 160 Å². The van der Waals surface area contributed by atoms with Gasteiger partial charge in [-0.1, -0.05) is 40.0 Å². The fraction of sp³-hybridized carbons (Fsp3) is 0.632. The molecule has 0 fully saturated rings. The Kier molecular flexibility index (Phi) is 10.2. The summed E-state index contributed by atoms with van der Waals surface area (Å²) in [5.74, 6) is -0.875. The fourth-order valence-corrected chi connectivity index (χ4v) is 3.00. The zero-order valence-corrected chi connectivity index (χ0v) is 16.5. The summed E-state index contributed by atoms with van der Waals surface area (Å²) < 4.78 is 1.69. The zero-order chi connectivity index (χ0) is 20.2. The average Bonchev–Trinajstić information content (AvgIpc) is 2.67. The Hall–Kier alpha value is -2.35. The van der Waals surface area contributed by atoms with Gasteiger partial charge >= 0.3 is 0 Å². The Morgan fingerprint density at radius 2 is 2.00 bits per heavy atom. The van der Waals surface area contributed by atoms with Crippen LogP contribution in [0.15, 0.2) is 23.1 Å². The molecule has 2 amide bonds. The van der Waals surface area contributed by atoms with Gasteiger partial charge in [-0.15, -0.1) is 0 Å². The van der Waals surface area contributed by atoms with E-state index in [1.54, 1.807) is 16.8 Å². The molecular weight excluding hydrogens is 348 g/mol. The molecule has 1 atom stereocenters. The van der Waals surface area contributed by atoms with E-state index in [-0.39, 0.29) is 30.5 Å². The Morgan fingerprint density at radius 3 is 2.56 bits per heavy atom. The highest BCUT2D eigenvalue weighted by molar-refractivity contribution is 5.80. The molecule has 0 aliphatic carbocycles. The third-order valence-corrected chi connectivity index (χ3v) is 4.67. The standard InChI is InChI=1S/C19H32N4O4/c1-4-7-8-9-15(13-22(27)14-24)19(26)21-20-16-10-11-23(18(25)12-16)17(5-2)6-3/h10-12,14-15,17,20,27H,4-9,13H2,1-3H3,(H,21,26)/t15-/m1/s1. The lowest BCUT2D eigenvalue weighted by Gasteiger charge is -2.20. The lowest BCUT2D eigenvalue weighted by atomic mass is 10.0. The number of unbranched alkanes of at least 4 members (excludes halogenated alkanes) is 2. The number of hydrogen-bond donors (Lipinski definition) is 3. The van der Waals surface area contributed by atoms with Gasteiger partial charge in [-0.05, 0) is 25.3 Å². The van der Waals surface area contributed by atoms with E-state index in [2.05, 4.69) is 17.8 Å². The van der Waals surface area contributed by atoms with E-state index in [0.717, 1.165) is 32.1 Å². The fourth-order valence-electron chi connectivity index (χ4n) is 3.00. The maximum absolute atomic E-state index is 12.4. The van der Waals surface area contributed by atoms with Crippen molar-refractivity contribution >= 4 is 18.0 Å². The molecule has 0 unspecified atom stereocenters. The summed E-state index contributed by atoms with van der Waals surface area (Å²) in [7, 11) is 0. The second-order valence-corrected chi connectivity index (χ2v) is 6.67. The molecule has 0 aliphatic rings. The van der Waals surface area contributed by atoms with Crippen LogP contribution >= 0.6 is 0 Å². The molecule has 0 aliphatic heterocycles. The second-order valence-electron chi connectivity index (χ2n) is 6.67. The molecule has 0 saturated heterocycles. The van der Waals surface area contributed by atoms with Gasteiger partial charge in [-0.25, -0.2) is 5.06 Å². The summed E-state index contributed by atoms with van der Waals surface area (Å²) >= 11 is 0. The van der Waals surface area contributed by atoms with E-state index in [9.17, 15) is 19.6 Å². The summed E-state index contributed by atoms with van der Waals surface area (Å²) in [6.07, 6.45) is 7.10. The normalized spacial score (nSPS) is 11.9. The highest BCUT2D eigenvalue weighted by atomic mass is 16.5. The van der Waals surface area contributed by atoms with E-state index >= 15 is 0 Å². The van der Waals surface area contributed by atoms with Crippen molar-refractivity contribution in [3.05, 3.63) is 28.7 Å². The molecule has 0 saturated carbocycles. The predicted octanol–water partition coefficient (Wildman–Crippen LogP) is 2.70. The molecular formula is C19H32N4O4. The molecule has 0 radical (unpaired) electrons. The van der Waals surface area contributed by atoms with Crippen LogP contribution in [0.25, 0.3) is 0 Å². The maximum atomic E-state index is 12.4. The first-order valence-corrected chi connectivity index (χ1v) is 9.65. The van der Waals surface area contributed by atoms with Crippen LogP contribution in [0.5, 0.6) is 0 Å². The minimum absolute atomic E-state index is 0.0724. The first-order chi connectivity index (χ1) is 13.0. The van der Waals surface area contributed by atoms with Gasteiger partial charge in [0.05, 0.1) is 18.2 Å². The van der Waals surface area contributed by atoms with Gasteiger partial charge in [0.2, 0.25) is 12.3 Å². The molecule has 0 spiro atoms. The van der Waals surface area contributed by atoms with E-state index in [1.807, 2.05) is 13.8 Å². The number of hydrogen-bond acceptors (Lipinski definition) is 5. The van der Waals surface area contributed by atoms with Crippen LogP contribution in [0, 0.1) is 5.92 Å². The van der Waals surface area contributed by atoms with Crippen molar-refractivity contribution in [1.29, 1.82) is 0 Å². The number of amides is 2. The van der Waals surface area contributed by atoms with Gasteiger partial charge in [0.25, 0.3) is 5.56 Å². The van der Waals surface area contributed by atoms with E-state index in [1.165, 1.54) is 6.07 Å². The van der Waals surface area contributed by atoms with Crippen LogP contribution in [0.4, 0.5) is 5.69 Å². The molecule has 8 nitrogen and oxygen atoms in total. The van der Waals surface area contributed by atoms with E-state index < -0.39 is 5.92 Å². The Bertz CT molecular complexity index is 643. The molecule has 27 heavy (non-hydrogen) atoms. The molecule has 152 valence electrons. The topological polar surface area (TPSA) is 104 Å². The van der Waals surface area contributed by atoms with Gasteiger partial charge in [0, 0.05) is 18.3 Å². The minimum atomic E-state index is -0.538. The van der Waals surface area contributed by atoms with Gasteiger partial charge in [-0.2, -0.15) is 0 Å². The number of hydrazine groups is 1. The van der Waals surface area contributed by atoms with Crippen molar-refractivity contribution in [2.45, 2.75) is 65.3 Å². The van der Waals surface area contributed by atoms with Crippen molar-refractivity contribution in [1.82, 2.24) is 15.1 Å². The number of carbonyl (C=O) groups excluding carboxylic acids is 2. The molecule has 8 heteroatoms. The van der Waals surface area contributed by atoms with Gasteiger partial charge in [0.1, 0.15) is 0 Å². The number of nitrogens with one attached hydrogen (secondary N) is 2. The summed E-state index contributed by atoms with van der Waals surface area (Å²) in [4.78, 5) is 35.3. The number of pyridine rings is 1. The van der Waals surface area contributed by atoms with Crippen molar-refractivity contribution in [3.8, 4) is 0 Å². The predicted molar refractivity (Wildman–Crippen MR) is 104 cm³/mol. The number of aromatic nitrogens is 1. The number of rotatable bonds is 13. The number of nitrogens with zero attached hydrogens (tertiary/aromatic N) is 2. The molecule has 1 rings (SSSR count). The van der Waals surface area contributed by atoms with E-state index in [4.69, 9.17) is 0 Å². The molecule has 3 N–H and O–H groups in total. The largest absolute Gasteiger partial charge is 0.312 e. The van der Waals surface area contributed by atoms with Gasteiger partial charge < -0.3 is 4.57 Å². The third-order valence-electron chi connectivity index (χ3n) is 4.67. The molecule has 1 aromatic heterocycles. The second kappa shape index (κ2) is 12.1. The van der Waals surface area contributed by atoms with Crippen LogP contribution < -0.4 is 16.4 Å². The first-order valence-electron chi connectivity index (χ1n) is 9.65. The van der Waals surface area contributed by atoms with Crippen molar-refractivity contribution in [3.63, 3.8) is 0 Å². The smallest absolute Gasteiger partial charge is 0.252 e. The van der Waals surface area contributed by atoms with Crippen LogP contribution in [0.3, 0.4) is 0 Å². The van der Waals surface area contributed by atoms with Gasteiger partial charge in [-0.3, -0.25) is 30.4 Å². The highest BCUT2D eigenvalue weighted by Gasteiger charge is 2.20. The average molecular weight is 380 g/mol. The van der Waals surface area contributed by atoms with Crippen LogP contribution in [0.1, 0.15) is 65.3 Å². The van der Waals surface area contributed by atoms with Crippen LogP contribution in [-0.4, -0.2) is 33.7 Å². The van der Waals surface area contributed by atoms with Crippen LogP contribution in [-0.2, 0) is 9.59 Å². The number of carbonyl (C=O) groups is 2. The monoisotopic (exact) mass is 380 g/mol. The molecule has 0 bridgehead atoms. The summed E-state index contributed by atoms with van der Waals surface area (Å²) in [5.41, 5.74) is 5.67. The summed E-state index contributed by atoms with van der Waals surface area (Å²) in [5, 5.41) is 9.88. The number of anilines is 1. The first kappa shape index (κ1) is 22.7. The Morgan fingerprint density at radius 1 is 1.30 bits per heavy atom. The minimum Gasteiger partial charge on any atom is -0.312 e.